The van der Waals surface area contributed by atoms with Gasteiger partial charge in [0.1, 0.15) is 27.8 Å². The molecule has 4 aromatic heterocycles. The van der Waals surface area contributed by atoms with Gasteiger partial charge >= 0.3 is 0 Å². The summed E-state index contributed by atoms with van der Waals surface area (Å²) in [5.74, 6) is 2.30. The van der Waals surface area contributed by atoms with Gasteiger partial charge in [-0.1, -0.05) is 115 Å². The fourth-order valence-corrected chi connectivity index (χ4v) is 8.09. The van der Waals surface area contributed by atoms with Gasteiger partial charge < -0.3 is 13.3 Å². The number of furan rings is 2. The highest BCUT2D eigenvalue weighted by Gasteiger charge is 2.20. The quantitative estimate of drug-likeness (QED) is 0.174. The summed E-state index contributed by atoms with van der Waals surface area (Å²) in [4.78, 5) is 20.2. The van der Waals surface area contributed by atoms with Crippen LogP contribution in [0.3, 0.4) is 0 Å². The number of aromatic nitrogens is 4. The third-order valence-electron chi connectivity index (χ3n) is 10.8. The molecule has 266 valence electrons. The molecule has 0 atom stereocenters. The first kappa shape index (κ1) is 31.5. The SMILES string of the molecule is c1ccc(-c2nc(-c3cccc(-c4cccc5oc6ccccc6c45)c3)nc(-c3ccc4ccc5oc6ccc7nc(-c8ccccc8)oc7c6c5c4c3)n2)cc1. The van der Waals surface area contributed by atoms with Crippen LogP contribution in [0.2, 0.25) is 0 Å². The summed E-state index contributed by atoms with van der Waals surface area (Å²) in [6.07, 6.45) is 0. The molecular weight excluding hydrogens is 705 g/mol. The van der Waals surface area contributed by atoms with Crippen LogP contribution in [0.15, 0.2) is 183 Å². The summed E-state index contributed by atoms with van der Waals surface area (Å²) in [5, 5.41) is 6.06. The molecule has 0 unspecified atom stereocenters. The molecule has 0 aliphatic carbocycles. The van der Waals surface area contributed by atoms with Gasteiger partial charge in [-0.05, 0) is 76.5 Å². The predicted octanol–water partition coefficient (Wildman–Crippen LogP) is 13.3. The second kappa shape index (κ2) is 12.3. The summed E-state index contributed by atoms with van der Waals surface area (Å²) in [5.41, 5.74) is 10.3. The highest BCUT2D eigenvalue weighted by Crippen LogP contribution is 2.42. The van der Waals surface area contributed by atoms with Gasteiger partial charge in [0, 0.05) is 38.4 Å². The van der Waals surface area contributed by atoms with Crippen molar-refractivity contribution in [2.45, 2.75) is 0 Å². The van der Waals surface area contributed by atoms with Gasteiger partial charge in [0.05, 0.1) is 5.39 Å². The zero-order valence-corrected chi connectivity index (χ0v) is 30.2. The zero-order chi connectivity index (χ0) is 37.5. The minimum atomic E-state index is 0.565. The molecule has 7 nitrogen and oxygen atoms in total. The van der Waals surface area contributed by atoms with Gasteiger partial charge in [0.2, 0.25) is 5.89 Å². The van der Waals surface area contributed by atoms with Crippen LogP contribution in [0.4, 0.5) is 0 Å². The standard InChI is InChI=1S/C50H28N4O3/c1-3-11-30(12-4-1)47-52-48(33-16-9-15-32(27-33)35-18-10-20-40-43(35)36-17-7-8-19-39(36)55-40)54-49(53-47)34-22-21-29-23-25-41-44(37(29)28-34)45-42(56-41)26-24-38-46(45)57-50(51-38)31-13-5-2-6-14-31/h1-28H. The van der Waals surface area contributed by atoms with Crippen LogP contribution < -0.4 is 0 Å². The summed E-state index contributed by atoms with van der Waals surface area (Å²) < 4.78 is 19.2. The molecule has 0 saturated carbocycles. The number of nitrogens with zero attached hydrogens (tertiary/aromatic N) is 4. The number of oxazole rings is 1. The lowest BCUT2D eigenvalue weighted by Gasteiger charge is -2.11. The second-order valence-electron chi connectivity index (χ2n) is 14.2. The topological polar surface area (TPSA) is 91.0 Å². The number of benzene rings is 8. The Kier molecular flexibility index (Phi) is 6.79. The summed E-state index contributed by atoms with van der Waals surface area (Å²) >= 11 is 0. The van der Waals surface area contributed by atoms with Crippen LogP contribution in [-0.4, -0.2) is 19.9 Å². The summed E-state index contributed by atoms with van der Waals surface area (Å²) in [7, 11) is 0. The lowest BCUT2D eigenvalue weighted by Crippen LogP contribution is -2.00. The predicted molar refractivity (Wildman–Crippen MR) is 227 cm³/mol. The number of para-hydroxylation sites is 1. The molecule has 0 amide bonds. The van der Waals surface area contributed by atoms with Crippen LogP contribution in [0.1, 0.15) is 0 Å². The van der Waals surface area contributed by atoms with Crippen LogP contribution >= 0.6 is 0 Å². The molecule has 4 heterocycles. The van der Waals surface area contributed by atoms with Crippen LogP contribution in [-0.2, 0) is 0 Å². The van der Waals surface area contributed by atoms with Crippen LogP contribution in [0.5, 0.6) is 0 Å². The molecule has 12 rings (SSSR count). The molecule has 0 bridgehead atoms. The van der Waals surface area contributed by atoms with Crippen molar-refractivity contribution in [2.75, 3.05) is 0 Å². The summed E-state index contributed by atoms with van der Waals surface area (Å²) in [6, 6.07) is 57.1. The molecular formula is C50H28N4O3. The van der Waals surface area contributed by atoms with Gasteiger partial charge in [-0.15, -0.1) is 0 Å². The molecule has 0 aliphatic heterocycles. The molecule has 0 saturated heterocycles. The number of hydrogen-bond donors (Lipinski definition) is 0. The van der Waals surface area contributed by atoms with Gasteiger partial charge in [-0.2, -0.15) is 0 Å². The first-order valence-electron chi connectivity index (χ1n) is 18.8. The smallest absolute Gasteiger partial charge is 0.227 e. The molecule has 57 heavy (non-hydrogen) atoms. The van der Waals surface area contributed by atoms with E-state index in [0.29, 0.717) is 28.9 Å². The fraction of sp³-hybridized carbons (Fsp3) is 0. The first-order valence-corrected chi connectivity index (χ1v) is 18.8. The van der Waals surface area contributed by atoms with Crippen LogP contribution in [0.25, 0.3) is 122 Å². The van der Waals surface area contributed by atoms with Crippen molar-refractivity contribution in [2.24, 2.45) is 0 Å². The van der Waals surface area contributed by atoms with Crippen molar-refractivity contribution < 1.29 is 13.3 Å². The Labute approximate surface area is 324 Å². The van der Waals surface area contributed by atoms with Crippen molar-refractivity contribution in [3.8, 4) is 56.7 Å². The van der Waals surface area contributed by atoms with E-state index in [1.807, 2.05) is 109 Å². The third kappa shape index (κ3) is 5.06. The van der Waals surface area contributed by atoms with Gasteiger partial charge in [0.15, 0.2) is 23.1 Å². The number of rotatable bonds is 5. The molecule has 0 spiro atoms. The Bertz CT molecular complexity index is 3530. The van der Waals surface area contributed by atoms with Gasteiger partial charge in [0.25, 0.3) is 0 Å². The second-order valence-corrected chi connectivity index (χ2v) is 14.2. The monoisotopic (exact) mass is 732 g/mol. The van der Waals surface area contributed by atoms with E-state index in [0.717, 1.165) is 93.5 Å². The molecule has 8 aromatic carbocycles. The van der Waals surface area contributed by atoms with E-state index in [4.69, 9.17) is 33.2 Å². The molecule has 7 heteroatoms. The molecule has 0 aliphatic rings. The number of fused-ring (bicyclic) bond motifs is 10. The van der Waals surface area contributed by atoms with Crippen molar-refractivity contribution >= 4 is 65.7 Å². The van der Waals surface area contributed by atoms with Gasteiger partial charge in [-0.3, -0.25) is 0 Å². The maximum atomic E-state index is 6.50. The van der Waals surface area contributed by atoms with E-state index in [2.05, 4.69) is 60.7 Å². The lowest BCUT2D eigenvalue weighted by molar-refractivity contribution is 0.622. The van der Waals surface area contributed by atoms with Crippen molar-refractivity contribution in [3.63, 3.8) is 0 Å². The van der Waals surface area contributed by atoms with E-state index < -0.39 is 0 Å². The average molecular weight is 733 g/mol. The van der Waals surface area contributed by atoms with Crippen molar-refractivity contribution in [3.05, 3.63) is 170 Å². The van der Waals surface area contributed by atoms with Crippen molar-refractivity contribution in [1.82, 2.24) is 19.9 Å². The van der Waals surface area contributed by atoms with Crippen molar-refractivity contribution in [1.29, 1.82) is 0 Å². The van der Waals surface area contributed by atoms with E-state index in [1.165, 1.54) is 0 Å². The van der Waals surface area contributed by atoms with Gasteiger partial charge in [-0.25, -0.2) is 19.9 Å². The Balaban J connectivity index is 1.05. The number of hydrogen-bond acceptors (Lipinski definition) is 7. The minimum absolute atomic E-state index is 0.565. The minimum Gasteiger partial charge on any atom is -0.456 e. The molecule has 0 N–H and O–H groups in total. The maximum Gasteiger partial charge on any atom is 0.227 e. The highest BCUT2D eigenvalue weighted by molar-refractivity contribution is 6.25. The molecule has 0 fully saturated rings. The summed E-state index contributed by atoms with van der Waals surface area (Å²) in [6.45, 7) is 0. The van der Waals surface area contributed by atoms with E-state index in [-0.39, 0.29) is 0 Å². The lowest BCUT2D eigenvalue weighted by atomic mass is 9.97. The van der Waals surface area contributed by atoms with Crippen LogP contribution in [0, 0.1) is 0 Å². The van der Waals surface area contributed by atoms with E-state index in [9.17, 15) is 0 Å². The Morgan fingerprint density at radius 1 is 0.333 bits per heavy atom. The first-order chi connectivity index (χ1) is 28.2. The van der Waals surface area contributed by atoms with E-state index in [1.54, 1.807) is 0 Å². The van der Waals surface area contributed by atoms with E-state index >= 15 is 0 Å². The zero-order valence-electron chi connectivity index (χ0n) is 30.2. The average Bonchev–Trinajstić information content (AvgIpc) is 4.00. The maximum absolute atomic E-state index is 6.50. The third-order valence-corrected chi connectivity index (χ3v) is 10.8. The largest absolute Gasteiger partial charge is 0.456 e. The highest BCUT2D eigenvalue weighted by atomic mass is 16.4. The Hall–Kier alpha value is -7.90. The Morgan fingerprint density at radius 2 is 0.930 bits per heavy atom. The molecule has 0 radical (unpaired) electrons. The normalized spacial score (nSPS) is 11.9. The Morgan fingerprint density at radius 3 is 1.77 bits per heavy atom. The fourth-order valence-electron chi connectivity index (χ4n) is 8.09. The molecule has 12 aromatic rings.